The summed E-state index contributed by atoms with van der Waals surface area (Å²) >= 11 is 0. The SMILES string of the molecule is CC(C)(C)N1C(=O)NC(=O)C2(Cc3ccccc3N3CCN(c4ccccc4)CC32)C1=O. The van der Waals surface area contributed by atoms with E-state index < -0.39 is 34.8 Å². The van der Waals surface area contributed by atoms with Crippen LogP contribution in [0.4, 0.5) is 16.2 Å². The lowest BCUT2D eigenvalue weighted by atomic mass is 9.67. The van der Waals surface area contributed by atoms with Gasteiger partial charge in [0, 0.05) is 36.5 Å². The number of nitrogens with zero attached hydrogens (tertiary/aromatic N) is 3. The second kappa shape index (κ2) is 7.08. The smallest absolute Gasteiger partial charge is 0.331 e. The number of barbiturate groups is 1. The first-order valence-corrected chi connectivity index (χ1v) is 11.1. The van der Waals surface area contributed by atoms with E-state index in [1.54, 1.807) is 0 Å². The number of carbonyl (C=O) groups is 3. The van der Waals surface area contributed by atoms with Crippen molar-refractivity contribution in [2.75, 3.05) is 29.4 Å². The summed E-state index contributed by atoms with van der Waals surface area (Å²) in [4.78, 5) is 46.0. The van der Waals surface area contributed by atoms with Crippen molar-refractivity contribution in [3.8, 4) is 0 Å². The van der Waals surface area contributed by atoms with Gasteiger partial charge in [0.15, 0.2) is 5.41 Å². The predicted molar refractivity (Wildman–Crippen MR) is 123 cm³/mol. The molecule has 1 spiro atoms. The van der Waals surface area contributed by atoms with Crippen LogP contribution in [0.5, 0.6) is 0 Å². The minimum absolute atomic E-state index is 0.275. The van der Waals surface area contributed by atoms with E-state index in [4.69, 9.17) is 0 Å². The van der Waals surface area contributed by atoms with Crippen molar-refractivity contribution >= 4 is 29.2 Å². The Kier molecular flexibility index (Phi) is 4.55. The molecule has 2 saturated heterocycles. The molecule has 2 fully saturated rings. The van der Waals surface area contributed by atoms with Gasteiger partial charge in [0.05, 0.1) is 6.04 Å². The average Bonchev–Trinajstić information content (AvgIpc) is 2.76. The molecule has 7 nitrogen and oxygen atoms in total. The van der Waals surface area contributed by atoms with Crippen molar-refractivity contribution < 1.29 is 14.4 Å². The molecule has 166 valence electrons. The van der Waals surface area contributed by atoms with Crippen molar-refractivity contribution in [2.24, 2.45) is 5.41 Å². The molecule has 0 aliphatic carbocycles. The van der Waals surface area contributed by atoms with Crippen LogP contribution < -0.4 is 15.1 Å². The van der Waals surface area contributed by atoms with Gasteiger partial charge in [-0.1, -0.05) is 36.4 Å². The molecule has 4 amide bonds. The van der Waals surface area contributed by atoms with Crippen molar-refractivity contribution in [2.45, 2.75) is 38.8 Å². The van der Waals surface area contributed by atoms with Crippen LogP contribution in [0.2, 0.25) is 0 Å². The lowest BCUT2D eigenvalue weighted by Gasteiger charge is -2.56. The fraction of sp³-hybridized carbons (Fsp3) is 0.400. The van der Waals surface area contributed by atoms with Gasteiger partial charge in [-0.3, -0.25) is 19.8 Å². The molecule has 5 rings (SSSR count). The Morgan fingerprint density at radius 3 is 2.34 bits per heavy atom. The molecule has 0 aromatic heterocycles. The Morgan fingerprint density at radius 2 is 1.62 bits per heavy atom. The molecular formula is C25H28N4O3. The van der Waals surface area contributed by atoms with Crippen LogP contribution in [0.1, 0.15) is 26.3 Å². The van der Waals surface area contributed by atoms with E-state index in [1.165, 1.54) is 4.90 Å². The molecule has 0 bridgehead atoms. The van der Waals surface area contributed by atoms with Gasteiger partial charge in [0.1, 0.15) is 0 Å². The van der Waals surface area contributed by atoms with Crippen LogP contribution in [0, 0.1) is 5.41 Å². The number of carbonyl (C=O) groups excluding carboxylic acids is 3. The second-order valence-corrected chi connectivity index (χ2v) is 9.84. The summed E-state index contributed by atoms with van der Waals surface area (Å²) in [5.74, 6) is -0.898. The van der Waals surface area contributed by atoms with Crippen molar-refractivity contribution in [1.29, 1.82) is 0 Å². The number of urea groups is 1. The standard InChI is InChI=1S/C25H28N4O3/c1-24(2,3)29-22(31)25(21(30)26-23(29)32)15-17-9-7-8-12-19(17)28-14-13-27(16-20(25)28)18-10-5-4-6-11-18/h4-12,20H,13-16H2,1-3H3,(H,26,30,32). The van der Waals surface area contributed by atoms with Gasteiger partial charge < -0.3 is 9.80 Å². The molecule has 2 unspecified atom stereocenters. The molecule has 1 N–H and O–H groups in total. The number of piperazine rings is 1. The Bertz CT molecular complexity index is 1090. The zero-order chi connectivity index (χ0) is 22.7. The van der Waals surface area contributed by atoms with Gasteiger partial charge in [-0.2, -0.15) is 0 Å². The van der Waals surface area contributed by atoms with E-state index in [0.29, 0.717) is 13.1 Å². The van der Waals surface area contributed by atoms with Gasteiger partial charge in [0.25, 0.3) is 0 Å². The number of benzene rings is 2. The predicted octanol–water partition coefficient (Wildman–Crippen LogP) is 2.80. The highest BCUT2D eigenvalue weighted by molar-refractivity contribution is 6.20. The molecule has 2 aromatic carbocycles. The first-order chi connectivity index (χ1) is 15.2. The molecule has 3 heterocycles. The number of fused-ring (bicyclic) bond motifs is 4. The van der Waals surface area contributed by atoms with Gasteiger partial charge in [-0.15, -0.1) is 0 Å². The third kappa shape index (κ3) is 2.91. The second-order valence-electron chi connectivity index (χ2n) is 9.84. The lowest BCUT2D eigenvalue weighted by Crippen LogP contribution is -2.77. The fourth-order valence-corrected chi connectivity index (χ4v) is 5.44. The first kappa shape index (κ1) is 20.5. The van der Waals surface area contributed by atoms with E-state index >= 15 is 0 Å². The van der Waals surface area contributed by atoms with Crippen LogP contribution in [0.15, 0.2) is 54.6 Å². The summed E-state index contributed by atoms with van der Waals surface area (Å²) in [5.41, 5.74) is 0.973. The highest BCUT2D eigenvalue weighted by atomic mass is 16.2. The van der Waals surface area contributed by atoms with Gasteiger partial charge >= 0.3 is 6.03 Å². The van der Waals surface area contributed by atoms with Gasteiger partial charge in [-0.25, -0.2) is 4.79 Å². The molecule has 2 aromatic rings. The Balaban J connectivity index is 1.65. The molecule has 7 heteroatoms. The number of anilines is 2. The van der Waals surface area contributed by atoms with E-state index in [-0.39, 0.29) is 6.42 Å². The Labute approximate surface area is 188 Å². The van der Waals surface area contributed by atoms with Crippen LogP contribution in [-0.4, -0.2) is 54.0 Å². The van der Waals surface area contributed by atoms with Crippen molar-refractivity contribution in [3.63, 3.8) is 0 Å². The van der Waals surface area contributed by atoms with Crippen LogP contribution in [0.3, 0.4) is 0 Å². The summed E-state index contributed by atoms with van der Waals surface area (Å²) in [6.45, 7) is 7.44. The number of hydrogen-bond acceptors (Lipinski definition) is 5. The zero-order valence-corrected chi connectivity index (χ0v) is 18.7. The minimum Gasteiger partial charge on any atom is -0.368 e. The number of para-hydroxylation sites is 2. The van der Waals surface area contributed by atoms with E-state index in [2.05, 4.69) is 21.2 Å². The monoisotopic (exact) mass is 432 g/mol. The zero-order valence-electron chi connectivity index (χ0n) is 18.7. The molecule has 32 heavy (non-hydrogen) atoms. The highest BCUT2D eigenvalue weighted by Gasteiger charge is 2.64. The number of hydrogen-bond donors (Lipinski definition) is 1. The fourth-order valence-electron chi connectivity index (χ4n) is 5.44. The number of nitrogens with one attached hydrogen (secondary N) is 1. The third-order valence-corrected chi connectivity index (χ3v) is 6.93. The van der Waals surface area contributed by atoms with E-state index in [9.17, 15) is 14.4 Å². The average molecular weight is 433 g/mol. The lowest BCUT2D eigenvalue weighted by molar-refractivity contribution is -0.156. The van der Waals surface area contributed by atoms with Gasteiger partial charge in [-0.05, 0) is 51.0 Å². The summed E-state index contributed by atoms with van der Waals surface area (Å²) in [6, 6.07) is 17.0. The quantitative estimate of drug-likeness (QED) is 0.702. The maximum atomic E-state index is 14.1. The first-order valence-electron chi connectivity index (χ1n) is 11.1. The molecule has 0 saturated carbocycles. The maximum absolute atomic E-state index is 14.1. The van der Waals surface area contributed by atoms with Crippen LogP contribution in [-0.2, 0) is 16.0 Å². The van der Waals surface area contributed by atoms with Crippen LogP contribution >= 0.6 is 0 Å². The number of rotatable bonds is 1. The molecular weight excluding hydrogens is 404 g/mol. The summed E-state index contributed by atoms with van der Waals surface area (Å²) in [6.07, 6.45) is 0.275. The topological polar surface area (TPSA) is 73.0 Å². The Hall–Kier alpha value is -3.35. The highest BCUT2D eigenvalue weighted by Crippen LogP contribution is 2.46. The van der Waals surface area contributed by atoms with Crippen LogP contribution in [0.25, 0.3) is 0 Å². The largest absolute Gasteiger partial charge is 0.368 e. The van der Waals surface area contributed by atoms with E-state index in [1.807, 2.05) is 69.3 Å². The maximum Gasteiger partial charge on any atom is 0.331 e. The molecule has 2 atom stereocenters. The van der Waals surface area contributed by atoms with Crippen molar-refractivity contribution in [3.05, 3.63) is 60.2 Å². The molecule has 3 aliphatic heterocycles. The van der Waals surface area contributed by atoms with Gasteiger partial charge in [0.2, 0.25) is 11.8 Å². The summed E-state index contributed by atoms with van der Waals surface area (Å²) in [5, 5.41) is 2.53. The van der Waals surface area contributed by atoms with E-state index in [0.717, 1.165) is 23.5 Å². The molecule has 3 aliphatic rings. The number of amides is 4. The third-order valence-electron chi connectivity index (χ3n) is 6.93. The molecule has 0 radical (unpaired) electrons. The Morgan fingerprint density at radius 1 is 0.938 bits per heavy atom. The minimum atomic E-state index is -1.37. The normalized spacial score (nSPS) is 25.5. The summed E-state index contributed by atoms with van der Waals surface area (Å²) in [7, 11) is 0. The summed E-state index contributed by atoms with van der Waals surface area (Å²) < 4.78 is 0. The van der Waals surface area contributed by atoms with Crippen molar-refractivity contribution in [1.82, 2.24) is 10.2 Å². The number of imide groups is 2.